The van der Waals surface area contributed by atoms with E-state index in [1.807, 2.05) is 0 Å². The molecule has 0 amide bonds. The summed E-state index contributed by atoms with van der Waals surface area (Å²) in [5.74, 6) is -5.84. The summed E-state index contributed by atoms with van der Waals surface area (Å²) in [4.78, 5) is 99.0. The Kier molecular flexibility index (Phi) is 18.5. The van der Waals surface area contributed by atoms with Gasteiger partial charge in [0.2, 0.25) is 0 Å². The number of thioether (sulfide) groups is 1. The van der Waals surface area contributed by atoms with E-state index in [1.54, 1.807) is 30.3 Å². The highest BCUT2D eigenvalue weighted by molar-refractivity contribution is 8.14. The first-order valence-corrected chi connectivity index (χ1v) is 18.5. The van der Waals surface area contributed by atoms with Gasteiger partial charge in [-0.05, 0) is 23.9 Å². The van der Waals surface area contributed by atoms with Crippen molar-refractivity contribution in [1.82, 2.24) is 0 Å². The molecule has 58 heavy (non-hydrogen) atoms. The van der Waals surface area contributed by atoms with E-state index in [4.69, 9.17) is 56.8 Å². The second-order valence-electron chi connectivity index (χ2n) is 12.6. The Morgan fingerprint density at radius 1 is 0.603 bits per heavy atom. The van der Waals surface area contributed by atoms with Crippen LogP contribution in [0.2, 0.25) is 0 Å². The summed E-state index contributed by atoms with van der Waals surface area (Å²) in [5, 5.41) is -1.51. The van der Waals surface area contributed by atoms with Gasteiger partial charge in [-0.15, -0.1) is 6.58 Å². The number of esters is 7. The van der Waals surface area contributed by atoms with E-state index in [2.05, 4.69) is 6.58 Å². The fourth-order valence-corrected chi connectivity index (χ4v) is 6.31. The van der Waals surface area contributed by atoms with E-state index < -0.39 is 127 Å². The van der Waals surface area contributed by atoms with Crippen LogP contribution in [0.1, 0.15) is 48.5 Å². The van der Waals surface area contributed by atoms with Crippen LogP contribution in [-0.4, -0.2) is 134 Å². The van der Waals surface area contributed by atoms with Crippen LogP contribution in [0.15, 0.2) is 43.0 Å². The minimum atomic E-state index is -1.88. The van der Waals surface area contributed by atoms with Crippen LogP contribution >= 0.6 is 11.8 Å². The second kappa shape index (κ2) is 22.7. The van der Waals surface area contributed by atoms with Gasteiger partial charge in [-0.25, -0.2) is 4.79 Å². The lowest BCUT2D eigenvalue weighted by molar-refractivity contribution is -0.361. The van der Waals surface area contributed by atoms with Gasteiger partial charge in [0, 0.05) is 48.5 Å². The average Bonchev–Trinajstić information content (AvgIpc) is 3.12. The highest BCUT2D eigenvalue weighted by Crippen LogP contribution is 2.36. The Balaban J connectivity index is 2.11. The molecule has 1 unspecified atom stereocenters. The van der Waals surface area contributed by atoms with E-state index in [0.717, 1.165) is 48.5 Å². The first-order chi connectivity index (χ1) is 27.4. The Morgan fingerprint density at radius 2 is 1.03 bits per heavy atom. The van der Waals surface area contributed by atoms with Gasteiger partial charge in [0.05, 0.1) is 11.9 Å². The molecular formula is C37H46O20S. The van der Waals surface area contributed by atoms with Crippen LogP contribution < -0.4 is 4.74 Å². The van der Waals surface area contributed by atoms with Gasteiger partial charge < -0.3 is 56.8 Å². The monoisotopic (exact) mass is 842 g/mol. The van der Waals surface area contributed by atoms with Gasteiger partial charge in [-0.2, -0.15) is 0 Å². The lowest BCUT2D eigenvalue weighted by Gasteiger charge is -2.48. The summed E-state index contributed by atoms with van der Waals surface area (Å²) in [7, 11) is 0. The fraction of sp³-hybridized carbons (Fsp3) is 0.568. The fourth-order valence-electron chi connectivity index (χ4n) is 5.68. The summed E-state index contributed by atoms with van der Waals surface area (Å²) in [5.41, 5.74) is 0. The third-order valence-electron chi connectivity index (χ3n) is 7.77. The van der Waals surface area contributed by atoms with Crippen molar-refractivity contribution in [2.75, 3.05) is 19.8 Å². The van der Waals surface area contributed by atoms with Crippen LogP contribution in [-0.2, 0) is 85.7 Å². The van der Waals surface area contributed by atoms with Gasteiger partial charge >= 0.3 is 47.1 Å². The van der Waals surface area contributed by atoms with Crippen LogP contribution in [0, 0.1) is 0 Å². The maximum Gasteiger partial charge on any atom is 0.373 e. The summed E-state index contributed by atoms with van der Waals surface area (Å²) >= 11 is 0.700. The number of benzene rings is 1. The molecule has 2 fully saturated rings. The van der Waals surface area contributed by atoms with Crippen molar-refractivity contribution in [3.05, 3.63) is 43.0 Å². The lowest BCUT2D eigenvalue weighted by atomic mass is 9.96. The molecular weight excluding hydrogens is 796 g/mol. The highest BCUT2D eigenvalue weighted by Gasteiger charge is 2.58. The Bertz CT molecular complexity index is 1630. The SMILES string of the molecule is C=CC(CO[C@@H]1O[C@H](COC(C)=O)[C@@H](OC(C)=O)[C@H](O[C@@H]2O[C@H](COC(C)=O)[C@@H](OC(C)=O)[C@H](OC(C)=O)[C@H]2OC(C)=O)[C@H]1OC(C)=O)SC(=O)Oc1ccccc1. The van der Waals surface area contributed by atoms with E-state index in [-0.39, 0.29) is 12.4 Å². The number of ether oxygens (including phenoxy) is 12. The van der Waals surface area contributed by atoms with Crippen molar-refractivity contribution in [3.63, 3.8) is 0 Å². The zero-order valence-corrected chi connectivity index (χ0v) is 33.5. The molecule has 20 nitrogen and oxygen atoms in total. The molecule has 2 saturated heterocycles. The van der Waals surface area contributed by atoms with E-state index in [0.29, 0.717) is 11.8 Å². The summed E-state index contributed by atoms with van der Waals surface area (Å²) in [6.07, 6.45) is -15.0. The number of hydrogen-bond donors (Lipinski definition) is 0. The Hall–Kier alpha value is -5.09. The van der Waals surface area contributed by atoms with E-state index >= 15 is 0 Å². The summed E-state index contributed by atoms with van der Waals surface area (Å²) < 4.78 is 67.9. The first-order valence-electron chi connectivity index (χ1n) is 17.6. The van der Waals surface area contributed by atoms with Gasteiger partial charge in [-0.1, -0.05) is 24.3 Å². The normalized spacial score (nSPS) is 27.0. The van der Waals surface area contributed by atoms with Gasteiger partial charge in [0.15, 0.2) is 43.1 Å². The number of carbonyl (C=O) groups is 8. The Labute approximate surface area is 337 Å². The third kappa shape index (κ3) is 15.0. The molecule has 0 radical (unpaired) electrons. The molecule has 2 heterocycles. The molecule has 1 aromatic rings. The zero-order chi connectivity index (χ0) is 43.1. The van der Waals surface area contributed by atoms with Gasteiger partial charge in [-0.3, -0.25) is 33.6 Å². The molecule has 0 aliphatic carbocycles. The molecule has 11 atom stereocenters. The predicted molar refractivity (Wildman–Crippen MR) is 193 cm³/mol. The van der Waals surface area contributed by atoms with Gasteiger partial charge in [0.25, 0.3) is 0 Å². The van der Waals surface area contributed by atoms with Crippen LogP contribution in [0.3, 0.4) is 0 Å². The molecule has 0 saturated carbocycles. The maximum atomic E-state index is 12.7. The molecule has 2 aliphatic heterocycles. The number of rotatable bonds is 17. The molecule has 0 spiro atoms. The average molecular weight is 843 g/mol. The summed E-state index contributed by atoms with van der Waals surface area (Å²) in [6.45, 7) is 9.54. The van der Waals surface area contributed by atoms with E-state index in [1.165, 1.54) is 6.08 Å². The van der Waals surface area contributed by atoms with Crippen molar-refractivity contribution in [2.45, 2.75) is 115 Å². The molecule has 21 heteroatoms. The molecule has 320 valence electrons. The highest BCUT2D eigenvalue weighted by atomic mass is 32.2. The maximum absolute atomic E-state index is 12.7. The lowest BCUT2D eigenvalue weighted by Crippen LogP contribution is -2.67. The minimum Gasteiger partial charge on any atom is -0.463 e. The molecule has 3 rings (SSSR count). The van der Waals surface area contributed by atoms with Crippen molar-refractivity contribution in [3.8, 4) is 5.75 Å². The van der Waals surface area contributed by atoms with Crippen LogP contribution in [0.25, 0.3) is 0 Å². The standard InChI is InChI=1S/C37H46O20S/c1-9-26(58-37(45)54-25-13-11-10-12-14-25)15-48-35-33(52-23(7)43)32(30(50-21(5)41)27(55-35)16-46-18(2)38)57-36-34(53-24(8)44)31(51-22(6)42)29(49-20(4)40)28(56-36)17-47-19(3)39/h9-14,26-36H,1,15-17H2,2-8H3/t26?,27-,28-,29-,30-,31+,32+,33-,34-,35-,36+/m1/s1. The molecule has 1 aromatic carbocycles. The zero-order valence-electron chi connectivity index (χ0n) is 32.7. The van der Waals surface area contributed by atoms with Crippen molar-refractivity contribution in [2.24, 2.45) is 0 Å². The third-order valence-corrected chi connectivity index (χ3v) is 8.67. The second-order valence-corrected chi connectivity index (χ2v) is 13.7. The number of carbonyl (C=O) groups excluding carboxylic acids is 8. The first kappa shape index (κ1) is 47.3. The molecule has 2 aliphatic rings. The summed E-state index contributed by atoms with van der Waals surface area (Å²) in [6, 6.07) is 8.24. The largest absolute Gasteiger partial charge is 0.463 e. The minimum absolute atomic E-state index is 0.279. The number of para-hydroxylation sites is 1. The molecule has 0 N–H and O–H groups in total. The van der Waals surface area contributed by atoms with Gasteiger partial charge in [0.1, 0.15) is 37.3 Å². The smallest absolute Gasteiger partial charge is 0.373 e. The van der Waals surface area contributed by atoms with Crippen LogP contribution in [0.4, 0.5) is 4.79 Å². The van der Waals surface area contributed by atoms with Crippen molar-refractivity contribution < 1.29 is 95.2 Å². The van der Waals surface area contributed by atoms with Crippen molar-refractivity contribution >= 4 is 58.8 Å². The predicted octanol–water partition coefficient (Wildman–Crippen LogP) is 2.11. The quantitative estimate of drug-likeness (QED) is 0.124. The number of hydrogen-bond acceptors (Lipinski definition) is 21. The molecule has 0 bridgehead atoms. The molecule has 0 aromatic heterocycles. The Morgan fingerprint density at radius 3 is 1.50 bits per heavy atom. The van der Waals surface area contributed by atoms with Crippen LogP contribution in [0.5, 0.6) is 5.75 Å². The van der Waals surface area contributed by atoms with E-state index in [9.17, 15) is 38.4 Å². The van der Waals surface area contributed by atoms with Crippen molar-refractivity contribution in [1.29, 1.82) is 0 Å². The topological polar surface area (TPSA) is 247 Å².